The standard InChI is InChI=1S/C16H22N6O2/c1-3-4-7-22-13-14(18-12-21(15(13)23)10-11-24-2)19-16(22)20-8-5-17-6-9-20/h12,17H,5-11H2,1-2H3. The Hall–Kier alpha value is -2.37. The third-order valence-corrected chi connectivity index (χ3v) is 4.06. The van der Waals surface area contributed by atoms with E-state index in [1.807, 2.05) is 4.57 Å². The summed E-state index contributed by atoms with van der Waals surface area (Å²) < 4.78 is 8.51. The molecule has 24 heavy (non-hydrogen) atoms. The van der Waals surface area contributed by atoms with Crippen LogP contribution in [0.3, 0.4) is 0 Å². The van der Waals surface area contributed by atoms with Gasteiger partial charge in [-0.1, -0.05) is 5.92 Å². The summed E-state index contributed by atoms with van der Waals surface area (Å²) in [7, 11) is 1.61. The molecule has 2 aromatic heterocycles. The molecule has 8 nitrogen and oxygen atoms in total. The lowest BCUT2D eigenvalue weighted by atomic mass is 10.4. The topological polar surface area (TPSA) is 77.2 Å². The molecule has 0 bridgehead atoms. The molecule has 0 radical (unpaired) electrons. The number of nitrogens with one attached hydrogen (secondary N) is 1. The normalized spacial score (nSPS) is 14.7. The van der Waals surface area contributed by atoms with E-state index >= 15 is 0 Å². The average molecular weight is 330 g/mol. The van der Waals surface area contributed by atoms with Crippen LogP contribution in [0.4, 0.5) is 5.95 Å². The number of ether oxygens (including phenoxy) is 1. The van der Waals surface area contributed by atoms with Gasteiger partial charge in [0.1, 0.15) is 6.33 Å². The number of aromatic nitrogens is 4. The molecule has 0 amide bonds. The molecule has 1 fully saturated rings. The van der Waals surface area contributed by atoms with Crippen molar-refractivity contribution in [1.82, 2.24) is 24.4 Å². The zero-order valence-electron chi connectivity index (χ0n) is 14.1. The number of imidazole rings is 1. The summed E-state index contributed by atoms with van der Waals surface area (Å²) in [6.45, 7) is 6.63. The second-order valence-corrected chi connectivity index (χ2v) is 5.57. The highest BCUT2D eigenvalue weighted by molar-refractivity contribution is 5.74. The minimum Gasteiger partial charge on any atom is -0.383 e. The van der Waals surface area contributed by atoms with Crippen LogP contribution in [0.2, 0.25) is 0 Å². The summed E-state index contributed by atoms with van der Waals surface area (Å²) >= 11 is 0. The van der Waals surface area contributed by atoms with Gasteiger partial charge in [0.15, 0.2) is 11.2 Å². The van der Waals surface area contributed by atoms with Crippen molar-refractivity contribution in [3.8, 4) is 11.8 Å². The molecule has 3 heterocycles. The molecule has 1 N–H and O–H groups in total. The fraction of sp³-hybridized carbons (Fsp3) is 0.562. The van der Waals surface area contributed by atoms with Gasteiger partial charge >= 0.3 is 0 Å². The van der Waals surface area contributed by atoms with Crippen molar-refractivity contribution in [2.75, 3.05) is 44.8 Å². The minimum absolute atomic E-state index is 0.108. The molecular weight excluding hydrogens is 308 g/mol. The highest BCUT2D eigenvalue weighted by atomic mass is 16.5. The number of methoxy groups -OCH3 is 1. The first-order valence-corrected chi connectivity index (χ1v) is 8.06. The van der Waals surface area contributed by atoms with Crippen LogP contribution in [0.5, 0.6) is 0 Å². The van der Waals surface area contributed by atoms with E-state index in [9.17, 15) is 4.79 Å². The average Bonchev–Trinajstić information content (AvgIpc) is 2.99. The molecule has 0 atom stereocenters. The lowest BCUT2D eigenvalue weighted by molar-refractivity contribution is 0.186. The fourth-order valence-corrected chi connectivity index (χ4v) is 2.81. The van der Waals surface area contributed by atoms with Crippen LogP contribution in [0.1, 0.15) is 6.92 Å². The quantitative estimate of drug-likeness (QED) is 0.757. The van der Waals surface area contributed by atoms with E-state index in [0.29, 0.717) is 30.9 Å². The zero-order valence-corrected chi connectivity index (χ0v) is 14.1. The molecule has 1 aliphatic rings. The number of piperazine rings is 1. The predicted molar refractivity (Wildman–Crippen MR) is 92.2 cm³/mol. The molecule has 0 aliphatic carbocycles. The van der Waals surface area contributed by atoms with Crippen LogP contribution in [-0.2, 0) is 17.8 Å². The number of hydrogen-bond donors (Lipinski definition) is 1. The highest BCUT2D eigenvalue weighted by Crippen LogP contribution is 2.19. The van der Waals surface area contributed by atoms with Crippen molar-refractivity contribution in [3.05, 3.63) is 16.7 Å². The minimum atomic E-state index is -0.108. The van der Waals surface area contributed by atoms with Gasteiger partial charge in [-0.3, -0.25) is 13.9 Å². The maximum Gasteiger partial charge on any atom is 0.279 e. The van der Waals surface area contributed by atoms with Crippen LogP contribution < -0.4 is 15.8 Å². The van der Waals surface area contributed by atoms with Crippen molar-refractivity contribution in [2.45, 2.75) is 20.0 Å². The number of hydrogen-bond acceptors (Lipinski definition) is 6. The second-order valence-electron chi connectivity index (χ2n) is 5.57. The Morgan fingerprint density at radius 3 is 2.88 bits per heavy atom. The lowest BCUT2D eigenvalue weighted by Gasteiger charge is -2.28. The third-order valence-electron chi connectivity index (χ3n) is 4.06. The van der Waals surface area contributed by atoms with Gasteiger partial charge in [-0.15, -0.1) is 5.92 Å². The van der Waals surface area contributed by atoms with E-state index in [0.717, 1.165) is 32.1 Å². The molecule has 2 aromatic rings. The van der Waals surface area contributed by atoms with Crippen molar-refractivity contribution < 1.29 is 4.74 Å². The van der Waals surface area contributed by atoms with Gasteiger partial charge in [0, 0.05) is 33.3 Å². The van der Waals surface area contributed by atoms with E-state index in [1.54, 1.807) is 18.6 Å². The smallest absolute Gasteiger partial charge is 0.279 e. The second kappa shape index (κ2) is 7.47. The molecular formula is C16H22N6O2. The Kier molecular flexibility index (Phi) is 5.13. The van der Waals surface area contributed by atoms with Crippen LogP contribution >= 0.6 is 0 Å². The molecule has 128 valence electrons. The summed E-state index contributed by atoms with van der Waals surface area (Å²) in [5.74, 6) is 6.70. The van der Waals surface area contributed by atoms with Crippen molar-refractivity contribution in [1.29, 1.82) is 0 Å². The SMILES string of the molecule is CC#CCn1c(N2CCNCC2)nc2ncn(CCOC)c(=O)c21. The van der Waals surface area contributed by atoms with Crippen molar-refractivity contribution in [2.24, 2.45) is 0 Å². The Morgan fingerprint density at radius 2 is 2.17 bits per heavy atom. The van der Waals surface area contributed by atoms with Gasteiger partial charge in [0.2, 0.25) is 5.95 Å². The maximum absolute atomic E-state index is 12.8. The Labute approximate surface area is 140 Å². The molecule has 0 aromatic carbocycles. The largest absolute Gasteiger partial charge is 0.383 e. The molecule has 3 rings (SSSR count). The number of nitrogens with zero attached hydrogens (tertiary/aromatic N) is 5. The van der Waals surface area contributed by atoms with E-state index in [2.05, 4.69) is 32.0 Å². The fourth-order valence-electron chi connectivity index (χ4n) is 2.81. The molecule has 0 spiro atoms. The monoisotopic (exact) mass is 330 g/mol. The first-order valence-electron chi connectivity index (χ1n) is 8.06. The van der Waals surface area contributed by atoms with E-state index in [1.165, 1.54) is 6.33 Å². The molecule has 0 saturated carbocycles. The molecule has 1 aliphatic heterocycles. The van der Waals surface area contributed by atoms with Crippen molar-refractivity contribution in [3.63, 3.8) is 0 Å². The van der Waals surface area contributed by atoms with E-state index < -0.39 is 0 Å². The molecule has 1 saturated heterocycles. The van der Waals surface area contributed by atoms with Gasteiger partial charge in [-0.05, 0) is 6.92 Å². The van der Waals surface area contributed by atoms with Gasteiger partial charge < -0.3 is 15.0 Å². The van der Waals surface area contributed by atoms with E-state index in [-0.39, 0.29) is 5.56 Å². The maximum atomic E-state index is 12.8. The number of rotatable bonds is 5. The molecule has 8 heteroatoms. The predicted octanol–water partition coefficient (Wildman–Crippen LogP) is -0.328. The first kappa shape index (κ1) is 16.5. The van der Waals surface area contributed by atoms with Crippen LogP contribution in [-0.4, -0.2) is 59.0 Å². The first-order chi connectivity index (χ1) is 11.8. The highest BCUT2D eigenvalue weighted by Gasteiger charge is 2.21. The van der Waals surface area contributed by atoms with Gasteiger partial charge in [-0.2, -0.15) is 4.98 Å². The summed E-state index contributed by atoms with van der Waals surface area (Å²) in [6.07, 6.45) is 1.54. The number of anilines is 1. The van der Waals surface area contributed by atoms with Gasteiger partial charge in [0.25, 0.3) is 5.56 Å². The lowest BCUT2D eigenvalue weighted by Crippen LogP contribution is -2.44. The Bertz CT molecular complexity index is 823. The zero-order chi connectivity index (χ0) is 16.9. The molecule has 0 unspecified atom stereocenters. The van der Waals surface area contributed by atoms with Crippen LogP contribution in [0.15, 0.2) is 11.1 Å². The summed E-state index contributed by atoms with van der Waals surface area (Å²) in [5, 5.41) is 3.32. The Balaban J connectivity index is 2.11. The number of fused-ring (bicyclic) bond motifs is 1. The summed E-state index contributed by atoms with van der Waals surface area (Å²) in [5.41, 5.74) is 0.869. The Morgan fingerprint density at radius 1 is 1.38 bits per heavy atom. The van der Waals surface area contributed by atoms with Crippen LogP contribution in [0.25, 0.3) is 11.2 Å². The van der Waals surface area contributed by atoms with Crippen molar-refractivity contribution >= 4 is 17.1 Å². The summed E-state index contributed by atoms with van der Waals surface area (Å²) in [6, 6.07) is 0. The van der Waals surface area contributed by atoms with Gasteiger partial charge in [-0.25, -0.2) is 4.98 Å². The van der Waals surface area contributed by atoms with E-state index in [4.69, 9.17) is 4.74 Å². The van der Waals surface area contributed by atoms with Gasteiger partial charge in [0.05, 0.1) is 19.7 Å². The van der Waals surface area contributed by atoms with Crippen LogP contribution in [0, 0.1) is 11.8 Å². The summed E-state index contributed by atoms with van der Waals surface area (Å²) in [4.78, 5) is 24.0. The third kappa shape index (κ3) is 3.13.